The summed E-state index contributed by atoms with van der Waals surface area (Å²) in [6, 6.07) is 3.97. The Morgan fingerprint density at radius 1 is 1.36 bits per heavy atom. The number of carbonyl (C=O) groups is 1. The number of aromatic nitrogens is 2. The third-order valence-electron chi connectivity index (χ3n) is 7.06. The fourth-order valence-corrected chi connectivity index (χ4v) is 5.29. The van der Waals surface area contributed by atoms with Crippen LogP contribution in [0.2, 0.25) is 0 Å². The number of amides is 1. The molecule has 150 valence electrons. The van der Waals surface area contributed by atoms with Gasteiger partial charge in [-0.1, -0.05) is 27.7 Å². The Morgan fingerprint density at radius 3 is 2.75 bits per heavy atom. The minimum atomic E-state index is -0.495. The highest BCUT2D eigenvalue weighted by Gasteiger charge is 2.54. The number of nitrogens with one attached hydrogen (secondary N) is 1. The topological polar surface area (TPSA) is 64.0 Å². The molecule has 2 aromatic rings. The van der Waals surface area contributed by atoms with Crippen molar-refractivity contribution in [2.45, 2.75) is 59.3 Å². The van der Waals surface area contributed by atoms with Crippen LogP contribution in [0.4, 0.5) is 4.39 Å². The number of benzene rings is 1. The molecule has 6 heteroatoms. The summed E-state index contributed by atoms with van der Waals surface area (Å²) in [6.45, 7) is 8.44. The average molecular weight is 385 g/mol. The number of rotatable bonds is 4. The van der Waals surface area contributed by atoms with Gasteiger partial charge in [-0.2, -0.15) is 0 Å². The quantitative estimate of drug-likeness (QED) is 0.858. The van der Waals surface area contributed by atoms with Gasteiger partial charge in [0.15, 0.2) is 0 Å². The zero-order valence-electron chi connectivity index (χ0n) is 17.0. The molecule has 1 amide bonds. The van der Waals surface area contributed by atoms with Crippen LogP contribution >= 0.6 is 0 Å². The molecule has 0 saturated heterocycles. The summed E-state index contributed by atoms with van der Waals surface area (Å²) in [4.78, 5) is 30.3. The summed E-state index contributed by atoms with van der Waals surface area (Å²) in [7, 11) is 0. The maximum Gasteiger partial charge on any atom is 0.280 e. The lowest BCUT2D eigenvalue weighted by Crippen LogP contribution is -2.53. The Bertz CT molecular complexity index is 993. The number of nitrogens with zero attached hydrogens (tertiary/aromatic N) is 2. The molecular weight excluding hydrogens is 357 g/mol. The van der Waals surface area contributed by atoms with E-state index in [4.69, 9.17) is 0 Å². The lowest BCUT2D eigenvalue weighted by Gasteiger charge is -2.60. The van der Waals surface area contributed by atoms with Crippen molar-refractivity contribution < 1.29 is 9.18 Å². The van der Waals surface area contributed by atoms with Gasteiger partial charge >= 0.3 is 0 Å². The van der Waals surface area contributed by atoms with E-state index in [2.05, 4.69) is 24.3 Å². The van der Waals surface area contributed by atoms with Crippen molar-refractivity contribution in [2.75, 3.05) is 5.43 Å². The van der Waals surface area contributed by atoms with Gasteiger partial charge in [-0.3, -0.25) is 15.0 Å². The summed E-state index contributed by atoms with van der Waals surface area (Å²) in [5, 5.41) is 0.172. The summed E-state index contributed by atoms with van der Waals surface area (Å²) in [5.41, 5.74) is 3.08. The molecule has 5 rings (SSSR count). The molecule has 3 atom stereocenters. The van der Waals surface area contributed by atoms with Crippen LogP contribution in [0, 0.1) is 29.0 Å². The number of carbonyl (C=O) groups excluding carboxylic acids is 1. The Labute approximate surface area is 164 Å². The molecule has 1 N–H and O–H groups in total. The smallest absolute Gasteiger partial charge is 0.273 e. The molecule has 3 aliphatic rings. The van der Waals surface area contributed by atoms with E-state index in [1.54, 1.807) is 0 Å². The van der Waals surface area contributed by atoms with Gasteiger partial charge in [0.2, 0.25) is 5.91 Å². The van der Waals surface area contributed by atoms with Crippen molar-refractivity contribution in [3.63, 3.8) is 0 Å². The van der Waals surface area contributed by atoms with Gasteiger partial charge in [-0.05, 0) is 60.6 Å². The molecule has 3 saturated carbocycles. The zero-order valence-corrected chi connectivity index (χ0v) is 17.0. The van der Waals surface area contributed by atoms with Crippen molar-refractivity contribution in [1.29, 1.82) is 0 Å². The Morgan fingerprint density at radius 2 is 2.11 bits per heavy atom. The summed E-state index contributed by atoms with van der Waals surface area (Å²) >= 11 is 0. The minimum absolute atomic E-state index is 0.0662. The van der Waals surface area contributed by atoms with E-state index < -0.39 is 11.4 Å². The number of hydrogen-bond acceptors (Lipinski definition) is 3. The highest BCUT2D eigenvalue weighted by Crippen LogP contribution is 2.61. The highest BCUT2D eigenvalue weighted by molar-refractivity contribution is 5.85. The second kappa shape index (κ2) is 6.68. The van der Waals surface area contributed by atoms with E-state index in [1.165, 1.54) is 35.7 Å². The van der Waals surface area contributed by atoms with E-state index in [0.717, 1.165) is 12.3 Å². The van der Waals surface area contributed by atoms with Crippen LogP contribution in [0.15, 0.2) is 23.0 Å². The monoisotopic (exact) mass is 385 g/mol. The van der Waals surface area contributed by atoms with Gasteiger partial charge in [0.05, 0.1) is 10.9 Å². The third-order valence-corrected chi connectivity index (χ3v) is 7.06. The third kappa shape index (κ3) is 3.03. The van der Waals surface area contributed by atoms with E-state index in [-0.39, 0.29) is 17.2 Å². The van der Waals surface area contributed by atoms with E-state index in [9.17, 15) is 14.0 Å². The maximum absolute atomic E-state index is 13.6. The van der Waals surface area contributed by atoms with Crippen LogP contribution in [0.3, 0.4) is 0 Å². The molecule has 0 spiro atoms. The largest absolute Gasteiger partial charge is 0.280 e. The second-order valence-electron chi connectivity index (χ2n) is 9.36. The Kier molecular flexibility index (Phi) is 4.55. The number of fused-ring (bicyclic) bond motifs is 3. The first-order valence-electron chi connectivity index (χ1n) is 10.2. The molecule has 1 heterocycles. The van der Waals surface area contributed by atoms with Crippen molar-refractivity contribution in [3.05, 3.63) is 40.2 Å². The predicted molar refractivity (Wildman–Crippen MR) is 107 cm³/mol. The van der Waals surface area contributed by atoms with Crippen LogP contribution in [0.1, 0.15) is 65.1 Å². The molecule has 1 aromatic heterocycles. The molecule has 5 nitrogen and oxygen atoms in total. The van der Waals surface area contributed by atoms with Gasteiger partial charge in [-0.15, -0.1) is 0 Å². The molecule has 0 unspecified atom stereocenters. The van der Waals surface area contributed by atoms with Crippen LogP contribution < -0.4 is 11.0 Å². The van der Waals surface area contributed by atoms with Crippen LogP contribution in [0.25, 0.3) is 10.9 Å². The first-order valence-corrected chi connectivity index (χ1v) is 10.2. The van der Waals surface area contributed by atoms with Crippen molar-refractivity contribution in [1.82, 2.24) is 9.66 Å². The van der Waals surface area contributed by atoms with Crippen LogP contribution in [0.5, 0.6) is 0 Å². The van der Waals surface area contributed by atoms with E-state index >= 15 is 0 Å². The predicted octanol–water partition coefficient (Wildman–Crippen LogP) is 4.19. The maximum atomic E-state index is 13.6. The van der Waals surface area contributed by atoms with Gasteiger partial charge in [-0.25, -0.2) is 14.1 Å². The molecule has 0 aliphatic heterocycles. The van der Waals surface area contributed by atoms with Crippen molar-refractivity contribution in [2.24, 2.45) is 23.2 Å². The Balaban J connectivity index is 1.61. The average Bonchev–Trinajstić information content (AvgIpc) is 2.64. The molecule has 1 aromatic carbocycles. The minimum Gasteiger partial charge on any atom is -0.273 e. The molecule has 3 aliphatic carbocycles. The number of halogens is 1. The highest BCUT2D eigenvalue weighted by atomic mass is 19.1. The summed E-state index contributed by atoms with van der Waals surface area (Å²) < 4.78 is 14.9. The molecule has 28 heavy (non-hydrogen) atoms. The van der Waals surface area contributed by atoms with Gasteiger partial charge in [0.1, 0.15) is 11.6 Å². The first-order chi connectivity index (χ1) is 13.2. The Hall–Kier alpha value is -2.24. The van der Waals surface area contributed by atoms with Crippen molar-refractivity contribution >= 4 is 16.8 Å². The molecule has 3 fully saturated rings. The lowest BCUT2D eigenvalue weighted by molar-refractivity contribution is -0.129. The lowest BCUT2D eigenvalue weighted by atomic mass is 9.45. The number of hydrogen-bond donors (Lipinski definition) is 1. The SMILES string of the molecule is CC(C)c1nc2ccc(F)cc2c(=O)n1NC(=O)C[C@@H]1CC[C@H]2C[C@H]1C2(C)C. The molecule has 0 radical (unpaired) electrons. The van der Waals surface area contributed by atoms with Gasteiger partial charge < -0.3 is 0 Å². The fraction of sp³-hybridized carbons (Fsp3) is 0.591. The molecular formula is C22H28FN3O2. The summed E-state index contributed by atoms with van der Waals surface area (Å²) in [5.74, 6) is 1.45. The fourth-order valence-electron chi connectivity index (χ4n) is 5.29. The van der Waals surface area contributed by atoms with Gasteiger partial charge in [0.25, 0.3) is 5.56 Å². The molecule has 2 bridgehead atoms. The second-order valence-corrected chi connectivity index (χ2v) is 9.36. The van der Waals surface area contributed by atoms with Crippen LogP contribution in [-0.2, 0) is 4.79 Å². The van der Waals surface area contributed by atoms with Crippen LogP contribution in [-0.4, -0.2) is 15.6 Å². The zero-order chi connectivity index (χ0) is 20.2. The normalized spacial score (nSPS) is 25.6. The van der Waals surface area contributed by atoms with Crippen molar-refractivity contribution in [3.8, 4) is 0 Å². The first kappa shape index (κ1) is 19.1. The van der Waals surface area contributed by atoms with E-state index in [1.807, 2.05) is 13.8 Å². The summed E-state index contributed by atoms with van der Waals surface area (Å²) in [6.07, 6.45) is 3.86. The standard InChI is InChI=1S/C22H28FN3O2/c1-12(2)20-24-18-8-7-15(23)11-16(18)21(28)26(20)25-19(27)9-13-5-6-14-10-17(13)22(14,3)4/h7-8,11-14,17H,5-6,9-10H2,1-4H3,(H,25,27)/t13-,14-,17+/m0/s1. The van der Waals surface area contributed by atoms with Gasteiger partial charge in [0, 0.05) is 12.3 Å². The van der Waals surface area contributed by atoms with E-state index in [0.29, 0.717) is 35.0 Å².